The Morgan fingerprint density at radius 1 is 1.00 bits per heavy atom. The zero-order valence-electron chi connectivity index (χ0n) is 17.7. The Labute approximate surface area is 176 Å². The van der Waals surface area contributed by atoms with Crippen molar-refractivity contribution in [3.63, 3.8) is 0 Å². The van der Waals surface area contributed by atoms with E-state index in [1.54, 1.807) is 62.9 Å². The number of benzene rings is 1. The fourth-order valence-corrected chi connectivity index (χ4v) is 3.21. The molecule has 1 aromatic carbocycles. The van der Waals surface area contributed by atoms with E-state index in [1.165, 1.54) is 0 Å². The van der Waals surface area contributed by atoms with E-state index in [2.05, 4.69) is 4.98 Å². The molecule has 30 heavy (non-hydrogen) atoms. The summed E-state index contributed by atoms with van der Waals surface area (Å²) in [6, 6.07) is 10.9. The molecule has 0 radical (unpaired) electrons. The third-order valence-electron chi connectivity index (χ3n) is 4.83. The van der Waals surface area contributed by atoms with Gasteiger partial charge in [0, 0.05) is 49.6 Å². The molecule has 1 amide bonds. The summed E-state index contributed by atoms with van der Waals surface area (Å²) in [6.07, 6.45) is 3.85. The first-order valence-corrected chi connectivity index (χ1v) is 9.65. The molecule has 0 bridgehead atoms. The maximum absolute atomic E-state index is 12.9. The quantitative estimate of drug-likeness (QED) is 0.532. The molecule has 0 aliphatic carbocycles. The third kappa shape index (κ3) is 4.74. The molecule has 7 heteroatoms. The number of rotatable bonds is 9. The lowest BCUT2D eigenvalue weighted by Gasteiger charge is -2.19. The molecular weight excluding hydrogens is 384 g/mol. The normalized spacial score (nSPS) is 10.5. The number of pyridine rings is 1. The van der Waals surface area contributed by atoms with E-state index in [0.29, 0.717) is 48.3 Å². The molecule has 3 aromatic rings. The van der Waals surface area contributed by atoms with Crippen molar-refractivity contribution in [2.75, 3.05) is 27.9 Å². The number of hydrogen-bond acceptors (Lipinski definition) is 6. The molecule has 7 nitrogen and oxygen atoms in total. The summed E-state index contributed by atoms with van der Waals surface area (Å²) in [5.41, 5.74) is 1.83. The summed E-state index contributed by atoms with van der Waals surface area (Å²) in [6.45, 7) is 3.00. The van der Waals surface area contributed by atoms with E-state index in [-0.39, 0.29) is 5.91 Å². The number of carbonyl (C=O) groups excluding carboxylic acids is 1. The van der Waals surface area contributed by atoms with Gasteiger partial charge in [-0.25, -0.2) is 0 Å². The second-order valence-electron chi connectivity index (χ2n) is 6.63. The summed E-state index contributed by atoms with van der Waals surface area (Å²) in [7, 11) is 4.77. The summed E-state index contributed by atoms with van der Waals surface area (Å²) in [4.78, 5) is 18.7. The predicted molar refractivity (Wildman–Crippen MR) is 112 cm³/mol. The Hall–Kier alpha value is -3.48. The zero-order chi connectivity index (χ0) is 21.5. The van der Waals surface area contributed by atoms with Gasteiger partial charge in [-0.15, -0.1) is 0 Å². The highest BCUT2D eigenvalue weighted by Crippen LogP contribution is 2.36. The molecule has 0 saturated heterocycles. The minimum Gasteiger partial charge on any atom is -0.496 e. The Kier molecular flexibility index (Phi) is 6.95. The number of carbonyl (C=O) groups is 1. The second kappa shape index (κ2) is 9.82. The van der Waals surface area contributed by atoms with Crippen molar-refractivity contribution >= 4 is 5.91 Å². The van der Waals surface area contributed by atoms with Crippen molar-refractivity contribution in [1.29, 1.82) is 0 Å². The van der Waals surface area contributed by atoms with Gasteiger partial charge in [0.05, 0.1) is 21.3 Å². The van der Waals surface area contributed by atoms with E-state index in [4.69, 9.17) is 18.6 Å². The molecule has 2 aromatic heterocycles. The molecule has 0 N–H and O–H groups in total. The van der Waals surface area contributed by atoms with Crippen molar-refractivity contribution in [2.45, 2.75) is 19.9 Å². The highest BCUT2D eigenvalue weighted by molar-refractivity contribution is 5.91. The van der Waals surface area contributed by atoms with Crippen LogP contribution < -0.4 is 14.2 Å². The Morgan fingerprint density at radius 2 is 1.67 bits per heavy atom. The Morgan fingerprint density at radius 3 is 2.23 bits per heavy atom. The van der Waals surface area contributed by atoms with Gasteiger partial charge in [0.25, 0.3) is 5.91 Å². The zero-order valence-corrected chi connectivity index (χ0v) is 17.7. The van der Waals surface area contributed by atoms with Gasteiger partial charge in [-0.05, 0) is 36.8 Å². The van der Waals surface area contributed by atoms with Crippen LogP contribution in [0.3, 0.4) is 0 Å². The molecule has 0 spiro atoms. The molecule has 0 fully saturated rings. The lowest BCUT2D eigenvalue weighted by atomic mass is 10.1. The topological polar surface area (TPSA) is 74.0 Å². The Balaban J connectivity index is 1.80. The van der Waals surface area contributed by atoms with E-state index in [0.717, 1.165) is 11.1 Å². The summed E-state index contributed by atoms with van der Waals surface area (Å²) in [5.74, 6) is 2.67. The van der Waals surface area contributed by atoms with Crippen molar-refractivity contribution in [3.8, 4) is 17.2 Å². The minimum atomic E-state index is -0.158. The van der Waals surface area contributed by atoms with Crippen LogP contribution in [0.1, 0.15) is 34.4 Å². The van der Waals surface area contributed by atoms with E-state index in [9.17, 15) is 4.79 Å². The van der Waals surface area contributed by atoms with Crippen LogP contribution in [-0.4, -0.2) is 43.7 Å². The van der Waals surface area contributed by atoms with Gasteiger partial charge >= 0.3 is 0 Å². The highest BCUT2D eigenvalue weighted by Gasteiger charge is 2.20. The number of hydrogen-bond donors (Lipinski definition) is 0. The van der Waals surface area contributed by atoms with Gasteiger partial charge in [-0.2, -0.15) is 0 Å². The van der Waals surface area contributed by atoms with Gasteiger partial charge in [0.1, 0.15) is 23.0 Å². The monoisotopic (exact) mass is 410 g/mol. The molecular formula is C23H26N2O5. The van der Waals surface area contributed by atoms with Crippen LogP contribution in [0.5, 0.6) is 17.2 Å². The van der Waals surface area contributed by atoms with E-state index in [1.807, 2.05) is 19.1 Å². The van der Waals surface area contributed by atoms with Crippen LogP contribution in [0.2, 0.25) is 0 Å². The number of ether oxygens (including phenoxy) is 3. The minimum absolute atomic E-state index is 0.158. The van der Waals surface area contributed by atoms with Crippen LogP contribution >= 0.6 is 0 Å². The average Bonchev–Trinajstić information content (AvgIpc) is 3.26. The van der Waals surface area contributed by atoms with Crippen LogP contribution in [0.4, 0.5) is 0 Å². The molecule has 0 aliphatic heterocycles. The van der Waals surface area contributed by atoms with Crippen LogP contribution in [-0.2, 0) is 13.0 Å². The average molecular weight is 410 g/mol. The summed E-state index contributed by atoms with van der Waals surface area (Å²) in [5, 5.41) is 0. The maximum atomic E-state index is 12.9. The molecule has 0 unspecified atom stereocenters. The smallest absolute Gasteiger partial charge is 0.289 e. The van der Waals surface area contributed by atoms with Gasteiger partial charge in [0.15, 0.2) is 5.76 Å². The molecule has 158 valence electrons. The van der Waals surface area contributed by atoms with Crippen molar-refractivity contribution in [2.24, 2.45) is 0 Å². The lowest BCUT2D eigenvalue weighted by Crippen LogP contribution is -2.30. The SMILES string of the molecule is CCN(Cc1ccncc1)C(=O)c1ccc(Cc2c(OC)cc(OC)cc2OC)o1. The number of nitrogens with zero attached hydrogens (tertiary/aromatic N) is 2. The van der Waals surface area contributed by atoms with Crippen molar-refractivity contribution in [1.82, 2.24) is 9.88 Å². The largest absolute Gasteiger partial charge is 0.496 e. The van der Waals surface area contributed by atoms with Crippen LogP contribution in [0.25, 0.3) is 0 Å². The molecule has 2 heterocycles. The molecule has 0 aliphatic rings. The van der Waals surface area contributed by atoms with Gasteiger partial charge < -0.3 is 23.5 Å². The van der Waals surface area contributed by atoms with Crippen molar-refractivity contribution < 1.29 is 23.4 Å². The van der Waals surface area contributed by atoms with Crippen LogP contribution in [0.15, 0.2) is 53.2 Å². The standard InChI is InChI=1S/C23H26N2O5/c1-5-25(15-16-8-10-24-11-9-16)23(26)20-7-6-17(30-20)12-19-21(28-3)13-18(27-2)14-22(19)29-4/h6-11,13-14H,5,12,15H2,1-4H3. The predicted octanol–water partition coefficient (Wildman–Crippen LogP) is 3.95. The summed E-state index contributed by atoms with van der Waals surface area (Å²) < 4.78 is 22.2. The number of amides is 1. The Bertz CT molecular complexity index is 959. The first-order valence-electron chi connectivity index (χ1n) is 9.65. The fourth-order valence-electron chi connectivity index (χ4n) is 3.21. The second-order valence-corrected chi connectivity index (χ2v) is 6.63. The molecule has 0 saturated carbocycles. The number of methoxy groups -OCH3 is 3. The van der Waals surface area contributed by atoms with Gasteiger partial charge in [-0.3, -0.25) is 9.78 Å². The van der Waals surface area contributed by atoms with Gasteiger partial charge in [-0.1, -0.05) is 0 Å². The number of aromatic nitrogens is 1. The number of furan rings is 1. The van der Waals surface area contributed by atoms with Crippen LogP contribution in [0, 0.1) is 0 Å². The first kappa shape index (κ1) is 21.2. The lowest BCUT2D eigenvalue weighted by molar-refractivity contribution is 0.0718. The van der Waals surface area contributed by atoms with E-state index < -0.39 is 0 Å². The van der Waals surface area contributed by atoms with E-state index >= 15 is 0 Å². The molecule has 0 atom stereocenters. The fraction of sp³-hybridized carbons (Fsp3) is 0.304. The maximum Gasteiger partial charge on any atom is 0.289 e. The highest BCUT2D eigenvalue weighted by atomic mass is 16.5. The summed E-state index contributed by atoms with van der Waals surface area (Å²) >= 11 is 0. The van der Waals surface area contributed by atoms with Gasteiger partial charge in [0.2, 0.25) is 0 Å². The van der Waals surface area contributed by atoms with Crippen molar-refractivity contribution in [3.05, 3.63) is 71.4 Å². The molecule has 3 rings (SSSR count). The third-order valence-corrected chi connectivity index (χ3v) is 4.83. The first-order chi connectivity index (χ1) is 14.6.